The second kappa shape index (κ2) is 6.53. The maximum absolute atomic E-state index is 9.46. The molecule has 0 aliphatic heterocycles. The van der Waals surface area contributed by atoms with E-state index in [2.05, 4.69) is 47.8 Å². The molecule has 2 aromatic rings. The van der Waals surface area contributed by atoms with Gasteiger partial charge in [-0.1, -0.05) is 43.3 Å². The molecule has 0 bridgehead atoms. The minimum atomic E-state index is -0.172. The van der Waals surface area contributed by atoms with Crippen LogP contribution in [0.15, 0.2) is 42.5 Å². The summed E-state index contributed by atoms with van der Waals surface area (Å²) >= 11 is 0. The largest absolute Gasteiger partial charge is 0.393 e. The van der Waals surface area contributed by atoms with Crippen LogP contribution in [0.1, 0.15) is 25.3 Å². The van der Waals surface area contributed by atoms with E-state index >= 15 is 0 Å². The van der Waals surface area contributed by atoms with Crippen LogP contribution < -0.4 is 5.32 Å². The third kappa shape index (κ3) is 3.56. The predicted octanol–water partition coefficient (Wildman–Crippen LogP) is 3.09. The minimum absolute atomic E-state index is 0.172. The summed E-state index contributed by atoms with van der Waals surface area (Å²) in [5.41, 5.74) is 1.29. The highest BCUT2D eigenvalue weighted by Crippen LogP contribution is 2.15. The standard InChI is InChI=1S/C16H21NO/c1-2-16(18)9-10-17-12-13-7-8-14-5-3-4-6-15(14)11-13/h3-8,11,16-18H,2,9-10,12H2,1H3. The van der Waals surface area contributed by atoms with Gasteiger partial charge in [0.05, 0.1) is 6.10 Å². The van der Waals surface area contributed by atoms with Gasteiger partial charge in [0, 0.05) is 6.54 Å². The van der Waals surface area contributed by atoms with Gasteiger partial charge in [-0.15, -0.1) is 0 Å². The molecule has 2 aromatic carbocycles. The minimum Gasteiger partial charge on any atom is -0.393 e. The molecule has 96 valence electrons. The Labute approximate surface area is 109 Å². The van der Waals surface area contributed by atoms with Gasteiger partial charge < -0.3 is 10.4 Å². The number of hydrogen-bond donors (Lipinski definition) is 2. The highest BCUT2D eigenvalue weighted by Gasteiger charge is 2.00. The normalized spacial score (nSPS) is 12.8. The van der Waals surface area contributed by atoms with E-state index in [-0.39, 0.29) is 6.10 Å². The fourth-order valence-corrected chi connectivity index (χ4v) is 2.05. The van der Waals surface area contributed by atoms with Gasteiger partial charge in [0.15, 0.2) is 0 Å². The van der Waals surface area contributed by atoms with Crippen molar-refractivity contribution in [2.45, 2.75) is 32.4 Å². The van der Waals surface area contributed by atoms with E-state index in [9.17, 15) is 5.11 Å². The van der Waals surface area contributed by atoms with Gasteiger partial charge in [-0.25, -0.2) is 0 Å². The van der Waals surface area contributed by atoms with Crippen LogP contribution in [-0.4, -0.2) is 17.8 Å². The van der Waals surface area contributed by atoms with Crippen molar-refractivity contribution in [3.8, 4) is 0 Å². The SMILES string of the molecule is CCC(O)CCNCc1ccc2ccccc2c1. The average Bonchev–Trinajstić information content (AvgIpc) is 2.43. The average molecular weight is 243 g/mol. The number of aliphatic hydroxyl groups is 1. The molecule has 2 nitrogen and oxygen atoms in total. The van der Waals surface area contributed by atoms with Gasteiger partial charge >= 0.3 is 0 Å². The molecular formula is C16H21NO. The fraction of sp³-hybridized carbons (Fsp3) is 0.375. The molecule has 0 aliphatic rings. The van der Waals surface area contributed by atoms with Crippen LogP contribution in [0, 0.1) is 0 Å². The van der Waals surface area contributed by atoms with E-state index in [1.165, 1.54) is 16.3 Å². The number of hydrogen-bond acceptors (Lipinski definition) is 2. The molecule has 0 radical (unpaired) electrons. The summed E-state index contributed by atoms with van der Waals surface area (Å²) in [6, 6.07) is 14.9. The smallest absolute Gasteiger partial charge is 0.0549 e. The van der Waals surface area contributed by atoms with Gasteiger partial charge in [-0.05, 0) is 41.8 Å². The topological polar surface area (TPSA) is 32.3 Å². The molecule has 2 N–H and O–H groups in total. The van der Waals surface area contributed by atoms with Crippen molar-refractivity contribution in [3.05, 3.63) is 48.0 Å². The highest BCUT2D eigenvalue weighted by molar-refractivity contribution is 5.82. The Hall–Kier alpha value is -1.38. The molecule has 1 atom stereocenters. The zero-order valence-electron chi connectivity index (χ0n) is 10.9. The molecule has 0 heterocycles. The lowest BCUT2D eigenvalue weighted by molar-refractivity contribution is 0.159. The molecule has 0 saturated heterocycles. The van der Waals surface area contributed by atoms with Crippen molar-refractivity contribution in [2.75, 3.05) is 6.54 Å². The first-order chi connectivity index (χ1) is 8.79. The molecule has 0 spiro atoms. The Balaban J connectivity index is 1.88. The van der Waals surface area contributed by atoms with E-state index in [0.717, 1.165) is 25.9 Å². The fourth-order valence-electron chi connectivity index (χ4n) is 2.05. The number of fused-ring (bicyclic) bond motifs is 1. The quantitative estimate of drug-likeness (QED) is 0.764. The first-order valence-corrected chi connectivity index (χ1v) is 6.66. The molecule has 18 heavy (non-hydrogen) atoms. The van der Waals surface area contributed by atoms with Crippen LogP contribution in [0.2, 0.25) is 0 Å². The molecule has 0 amide bonds. The first kappa shape index (κ1) is 13.1. The van der Waals surface area contributed by atoms with Gasteiger partial charge in [-0.3, -0.25) is 0 Å². The third-order valence-corrected chi connectivity index (χ3v) is 3.27. The summed E-state index contributed by atoms with van der Waals surface area (Å²) in [7, 11) is 0. The number of benzene rings is 2. The summed E-state index contributed by atoms with van der Waals surface area (Å²) in [6.07, 6.45) is 1.48. The van der Waals surface area contributed by atoms with Crippen molar-refractivity contribution in [1.82, 2.24) is 5.32 Å². The van der Waals surface area contributed by atoms with E-state index in [4.69, 9.17) is 0 Å². The molecule has 0 aliphatic carbocycles. The Morgan fingerprint density at radius 2 is 1.89 bits per heavy atom. The molecule has 2 heteroatoms. The number of aliphatic hydroxyl groups excluding tert-OH is 1. The summed E-state index contributed by atoms with van der Waals surface area (Å²) in [4.78, 5) is 0. The van der Waals surface area contributed by atoms with Crippen LogP contribution >= 0.6 is 0 Å². The Kier molecular flexibility index (Phi) is 4.73. The molecule has 2 rings (SSSR count). The highest BCUT2D eigenvalue weighted by atomic mass is 16.3. The van der Waals surface area contributed by atoms with Crippen molar-refractivity contribution >= 4 is 10.8 Å². The van der Waals surface area contributed by atoms with Crippen LogP contribution in [-0.2, 0) is 6.54 Å². The molecular weight excluding hydrogens is 222 g/mol. The first-order valence-electron chi connectivity index (χ1n) is 6.66. The van der Waals surface area contributed by atoms with Crippen molar-refractivity contribution < 1.29 is 5.11 Å². The summed E-state index contributed by atoms with van der Waals surface area (Å²) in [5, 5.41) is 15.4. The monoisotopic (exact) mass is 243 g/mol. The van der Waals surface area contributed by atoms with Crippen molar-refractivity contribution in [3.63, 3.8) is 0 Å². The van der Waals surface area contributed by atoms with Crippen LogP contribution in [0.4, 0.5) is 0 Å². The van der Waals surface area contributed by atoms with E-state index in [1.54, 1.807) is 0 Å². The summed E-state index contributed by atoms with van der Waals surface area (Å²) in [5.74, 6) is 0. The molecule has 0 aromatic heterocycles. The Morgan fingerprint density at radius 1 is 1.11 bits per heavy atom. The van der Waals surface area contributed by atoms with Gasteiger partial charge in [0.25, 0.3) is 0 Å². The van der Waals surface area contributed by atoms with Crippen LogP contribution in [0.3, 0.4) is 0 Å². The second-order valence-electron chi connectivity index (χ2n) is 4.71. The van der Waals surface area contributed by atoms with Crippen molar-refractivity contribution in [1.29, 1.82) is 0 Å². The molecule has 0 fully saturated rings. The van der Waals surface area contributed by atoms with E-state index < -0.39 is 0 Å². The second-order valence-corrected chi connectivity index (χ2v) is 4.71. The number of rotatable bonds is 6. The number of nitrogens with one attached hydrogen (secondary N) is 1. The lowest BCUT2D eigenvalue weighted by Gasteiger charge is -2.09. The summed E-state index contributed by atoms with van der Waals surface area (Å²) in [6.45, 7) is 3.73. The lowest BCUT2D eigenvalue weighted by Crippen LogP contribution is -2.19. The van der Waals surface area contributed by atoms with E-state index in [1.807, 2.05) is 6.92 Å². The van der Waals surface area contributed by atoms with Crippen LogP contribution in [0.5, 0.6) is 0 Å². The Morgan fingerprint density at radius 3 is 2.67 bits per heavy atom. The predicted molar refractivity (Wildman–Crippen MR) is 76.6 cm³/mol. The maximum Gasteiger partial charge on any atom is 0.0549 e. The molecule has 0 saturated carbocycles. The maximum atomic E-state index is 9.46. The third-order valence-electron chi connectivity index (χ3n) is 3.27. The van der Waals surface area contributed by atoms with Gasteiger partial charge in [0.1, 0.15) is 0 Å². The van der Waals surface area contributed by atoms with Gasteiger partial charge in [-0.2, -0.15) is 0 Å². The zero-order valence-corrected chi connectivity index (χ0v) is 10.9. The lowest BCUT2D eigenvalue weighted by atomic mass is 10.1. The molecule has 1 unspecified atom stereocenters. The Bertz CT molecular complexity index is 495. The summed E-state index contributed by atoms with van der Waals surface area (Å²) < 4.78 is 0. The van der Waals surface area contributed by atoms with Crippen LogP contribution in [0.25, 0.3) is 10.8 Å². The van der Waals surface area contributed by atoms with Gasteiger partial charge in [0.2, 0.25) is 0 Å². The van der Waals surface area contributed by atoms with Crippen molar-refractivity contribution in [2.24, 2.45) is 0 Å². The van der Waals surface area contributed by atoms with E-state index in [0.29, 0.717) is 0 Å². The zero-order chi connectivity index (χ0) is 12.8.